The van der Waals surface area contributed by atoms with E-state index in [9.17, 15) is 4.79 Å². The standard InChI is InChI=1S/C22H23N3O2/c1-4-27-20-13-10-18(11-14-20)12-15-21(26)23-22-16(2)24-25(17(22)3)19-8-6-5-7-9-19/h5-15H,4H2,1-3H3,(H,23,26)/b15-12+. The zero-order valence-electron chi connectivity index (χ0n) is 15.8. The number of amides is 1. The van der Waals surface area contributed by atoms with Gasteiger partial charge in [0.15, 0.2) is 0 Å². The van der Waals surface area contributed by atoms with Gasteiger partial charge in [-0.05, 0) is 56.7 Å². The highest BCUT2D eigenvalue weighted by Gasteiger charge is 2.14. The molecule has 138 valence electrons. The second-order valence-electron chi connectivity index (χ2n) is 6.12. The lowest BCUT2D eigenvalue weighted by Crippen LogP contribution is -2.09. The molecule has 1 heterocycles. The van der Waals surface area contributed by atoms with E-state index in [1.54, 1.807) is 6.08 Å². The van der Waals surface area contributed by atoms with Gasteiger partial charge in [-0.2, -0.15) is 5.10 Å². The summed E-state index contributed by atoms with van der Waals surface area (Å²) in [7, 11) is 0. The normalized spacial score (nSPS) is 10.9. The van der Waals surface area contributed by atoms with E-state index in [1.165, 1.54) is 6.08 Å². The molecular weight excluding hydrogens is 338 g/mol. The Morgan fingerprint density at radius 1 is 1.11 bits per heavy atom. The van der Waals surface area contributed by atoms with Gasteiger partial charge in [-0.3, -0.25) is 4.79 Å². The molecule has 27 heavy (non-hydrogen) atoms. The van der Waals surface area contributed by atoms with Crippen LogP contribution in [0, 0.1) is 13.8 Å². The van der Waals surface area contributed by atoms with Crippen molar-refractivity contribution in [2.75, 3.05) is 11.9 Å². The minimum absolute atomic E-state index is 0.192. The van der Waals surface area contributed by atoms with Crippen LogP contribution < -0.4 is 10.1 Å². The minimum atomic E-state index is -0.192. The molecule has 0 saturated heterocycles. The lowest BCUT2D eigenvalue weighted by molar-refractivity contribution is -0.111. The topological polar surface area (TPSA) is 56.1 Å². The van der Waals surface area contributed by atoms with Crippen molar-refractivity contribution in [1.29, 1.82) is 0 Å². The number of hydrogen-bond donors (Lipinski definition) is 1. The van der Waals surface area contributed by atoms with Crippen LogP contribution in [0.3, 0.4) is 0 Å². The fourth-order valence-corrected chi connectivity index (χ4v) is 2.82. The summed E-state index contributed by atoms with van der Waals surface area (Å²) in [6.07, 6.45) is 3.30. The van der Waals surface area contributed by atoms with Crippen LogP contribution in [0.4, 0.5) is 5.69 Å². The first-order valence-corrected chi connectivity index (χ1v) is 8.92. The van der Waals surface area contributed by atoms with Crippen molar-refractivity contribution in [3.63, 3.8) is 0 Å². The van der Waals surface area contributed by atoms with Crippen LogP contribution in [-0.2, 0) is 4.79 Å². The molecule has 0 radical (unpaired) electrons. The third-order valence-electron chi connectivity index (χ3n) is 4.16. The van der Waals surface area contributed by atoms with Crippen LogP contribution in [0.25, 0.3) is 11.8 Å². The summed E-state index contributed by atoms with van der Waals surface area (Å²) >= 11 is 0. The predicted octanol–water partition coefficient (Wildman–Crippen LogP) is 4.54. The van der Waals surface area contributed by atoms with E-state index in [4.69, 9.17) is 4.74 Å². The summed E-state index contributed by atoms with van der Waals surface area (Å²) in [5.74, 6) is 0.626. The molecule has 0 atom stereocenters. The molecule has 0 spiro atoms. The van der Waals surface area contributed by atoms with E-state index in [0.717, 1.165) is 34.1 Å². The molecule has 0 aliphatic carbocycles. The highest BCUT2D eigenvalue weighted by Crippen LogP contribution is 2.22. The Morgan fingerprint density at radius 3 is 2.48 bits per heavy atom. The zero-order valence-corrected chi connectivity index (χ0v) is 15.8. The molecule has 1 aromatic heterocycles. The Bertz CT molecular complexity index is 942. The average molecular weight is 361 g/mol. The monoisotopic (exact) mass is 361 g/mol. The molecule has 0 bridgehead atoms. The van der Waals surface area contributed by atoms with Crippen molar-refractivity contribution in [3.8, 4) is 11.4 Å². The van der Waals surface area contributed by atoms with E-state index in [2.05, 4.69) is 10.4 Å². The van der Waals surface area contributed by atoms with E-state index >= 15 is 0 Å². The van der Waals surface area contributed by atoms with Gasteiger partial charge in [0.1, 0.15) is 5.75 Å². The van der Waals surface area contributed by atoms with Gasteiger partial charge in [0.2, 0.25) is 5.91 Å². The van der Waals surface area contributed by atoms with Crippen molar-refractivity contribution in [2.24, 2.45) is 0 Å². The first-order chi connectivity index (χ1) is 13.1. The van der Waals surface area contributed by atoms with Crippen molar-refractivity contribution < 1.29 is 9.53 Å². The van der Waals surface area contributed by atoms with E-state index in [0.29, 0.717) is 6.61 Å². The molecule has 1 N–H and O–H groups in total. The van der Waals surface area contributed by atoms with E-state index in [1.807, 2.05) is 80.1 Å². The van der Waals surface area contributed by atoms with Gasteiger partial charge in [-0.1, -0.05) is 30.3 Å². The lowest BCUT2D eigenvalue weighted by Gasteiger charge is -2.05. The van der Waals surface area contributed by atoms with Gasteiger partial charge >= 0.3 is 0 Å². The summed E-state index contributed by atoms with van der Waals surface area (Å²) in [6.45, 7) is 6.41. The number of ether oxygens (including phenoxy) is 1. The molecule has 0 fully saturated rings. The molecule has 3 aromatic rings. The van der Waals surface area contributed by atoms with Crippen LogP contribution >= 0.6 is 0 Å². The Balaban J connectivity index is 1.72. The Morgan fingerprint density at radius 2 is 1.81 bits per heavy atom. The number of hydrogen-bond acceptors (Lipinski definition) is 3. The van der Waals surface area contributed by atoms with Crippen LogP contribution in [0.15, 0.2) is 60.7 Å². The quantitative estimate of drug-likeness (QED) is 0.656. The summed E-state index contributed by atoms with van der Waals surface area (Å²) in [6, 6.07) is 17.5. The number of nitrogens with zero attached hydrogens (tertiary/aromatic N) is 2. The summed E-state index contributed by atoms with van der Waals surface area (Å²) in [4.78, 5) is 12.3. The number of para-hydroxylation sites is 1. The molecule has 0 unspecified atom stereocenters. The van der Waals surface area contributed by atoms with Crippen LogP contribution in [0.5, 0.6) is 5.75 Å². The van der Waals surface area contributed by atoms with E-state index < -0.39 is 0 Å². The van der Waals surface area contributed by atoms with Crippen LogP contribution in [0.2, 0.25) is 0 Å². The fraction of sp³-hybridized carbons (Fsp3) is 0.182. The molecule has 5 nitrogen and oxygen atoms in total. The Kier molecular flexibility index (Phi) is 5.71. The second kappa shape index (κ2) is 8.36. The smallest absolute Gasteiger partial charge is 0.248 e. The first-order valence-electron chi connectivity index (χ1n) is 8.92. The minimum Gasteiger partial charge on any atom is -0.494 e. The second-order valence-corrected chi connectivity index (χ2v) is 6.12. The third-order valence-corrected chi connectivity index (χ3v) is 4.16. The number of benzene rings is 2. The highest BCUT2D eigenvalue weighted by molar-refractivity contribution is 6.02. The van der Waals surface area contributed by atoms with Gasteiger partial charge in [0.05, 0.1) is 29.4 Å². The number of carbonyl (C=O) groups excluding carboxylic acids is 1. The van der Waals surface area contributed by atoms with Crippen molar-refractivity contribution in [3.05, 3.63) is 77.6 Å². The first kappa shape index (κ1) is 18.5. The maximum Gasteiger partial charge on any atom is 0.248 e. The van der Waals surface area contributed by atoms with Crippen molar-refractivity contribution >= 4 is 17.7 Å². The number of aromatic nitrogens is 2. The van der Waals surface area contributed by atoms with Gasteiger partial charge in [0, 0.05) is 6.08 Å². The number of aryl methyl sites for hydroxylation is 1. The van der Waals surface area contributed by atoms with Gasteiger partial charge in [-0.25, -0.2) is 4.68 Å². The molecule has 1 amide bonds. The molecule has 0 aliphatic rings. The number of carbonyl (C=O) groups is 1. The average Bonchev–Trinajstić information content (AvgIpc) is 2.96. The molecule has 0 saturated carbocycles. The molecule has 2 aromatic carbocycles. The Labute approximate surface area is 159 Å². The van der Waals surface area contributed by atoms with Crippen molar-refractivity contribution in [2.45, 2.75) is 20.8 Å². The maximum atomic E-state index is 12.3. The van der Waals surface area contributed by atoms with Crippen molar-refractivity contribution in [1.82, 2.24) is 9.78 Å². The van der Waals surface area contributed by atoms with Gasteiger partial charge in [0.25, 0.3) is 0 Å². The molecule has 0 aliphatic heterocycles. The fourth-order valence-electron chi connectivity index (χ4n) is 2.82. The summed E-state index contributed by atoms with van der Waals surface area (Å²) in [5.41, 5.74) is 4.30. The summed E-state index contributed by atoms with van der Waals surface area (Å²) in [5, 5.41) is 7.48. The largest absolute Gasteiger partial charge is 0.494 e. The third kappa shape index (κ3) is 4.44. The lowest BCUT2D eigenvalue weighted by atomic mass is 10.2. The van der Waals surface area contributed by atoms with Crippen LogP contribution in [-0.4, -0.2) is 22.3 Å². The van der Waals surface area contributed by atoms with Gasteiger partial charge in [-0.15, -0.1) is 0 Å². The van der Waals surface area contributed by atoms with E-state index in [-0.39, 0.29) is 5.91 Å². The van der Waals surface area contributed by atoms with Gasteiger partial charge < -0.3 is 10.1 Å². The highest BCUT2D eigenvalue weighted by atomic mass is 16.5. The molecular formula is C22H23N3O2. The number of nitrogens with one attached hydrogen (secondary N) is 1. The maximum absolute atomic E-state index is 12.3. The predicted molar refractivity (Wildman–Crippen MR) is 108 cm³/mol. The Hall–Kier alpha value is -3.34. The van der Waals surface area contributed by atoms with Crippen LogP contribution in [0.1, 0.15) is 23.9 Å². The number of anilines is 1. The summed E-state index contributed by atoms with van der Waals surface area (Å²) < 4.78 is 7.25. The molecule has 5 heteroatoms. The molecule has 3 rings (SSSR count). The number of rotatable bonds is 6. The SMILES string of the molecule is CCOc1ccc(/C=C/C(=O)Nc2c(C)nn(-c3ccccc3)c2C)cc1. The zero-order chi connectivity index (χ0) is 19.2.